The Morgan fingerprint density at radius 1 is 1.00 bits per heavy atom. The average molecular weight is 411 g/mol. The van der Waals surface area contributed by atoms with Gasteiger partial charge in [0.15, 0.2) is 0 Å². The molecule has 0 spiro atoms. The number of ether oxygens (including phenoxy) is 3. The molecule has 6 heteroatoms. The molecular weight excluding hydrogens is 382 g/mol. The zero-order chi connectivity index (χ0) is 21.3. The van der Waals surface area contributed by atoms with Crippen LogP contribution >= 0.6 is 0 Å². The molecule has 1 fully saturated rings. The quantitative estimate of drug-likeness (QED) is 0.531. The van der Waals surface area contributed by atoms with Crippen LogP contribution in [0.1, 0.15) is 24.0 Å². The Morgan fingerprint density at radius 3 is 2.17 bits per heavy atom. The summed E-state index contributed by atoms with van der Waals surface area (Å²) in [5, 5.41) is 0. The SMILES string of the molecule is COc1ccc(CCN2CC([C@@H](CC=O)OCc3ccc(OC)cc3)CC2=O)cc1. The number of carbonyl (C=O) groups excluding carboxylic acids is 2. The lowest BCUT2D eigenvalue weighted by Crippen LogP contribution is -2.30. The molecule has 160 valence electrons. The maximum atomic E-state index is 12.5. The number of likely N-dealkylation sites (tertiary alicyclic amines) is 1. The van der Waals surface area contributed by atoms with Crippen molar-refractivity contribution >= 4 is 12.2 Å². The van der Waals surface area contributed by atoms with E-state index in [4.69, 9.17) is 14.2 Å². The molecule has 1 aliphatic heterocycles. The molecule has 0 aromatic heterocycles. The Labute approximate surface area is 177 Å². The van der Waals surface area contributed by atoms with Gasteiger partial charge in [0, 0.05) is 31.8 Å². The number of methoxy groups -OCH3 is 2. The molecule has 2 aromatic rings. The minimum Gasteiger partial charge on any atom is -0.497 e. The third-order valence-electron chi connectivity index (χ3n) is 5.55. The third kappa shape index (κ3) is 5.83. The van der Waals surface area contributed by atoms with Crippen molar-refractivity contribution in [1.82, 2.24) is 4.90 Å². The largest absolute Gasteiger partial charge is 0.497 e. The van der Waals surface area contributed by atoms with Gasteiger partial charge in [-0.1, -0.05) is 24.3 Å². The van der Waals surface area contributed by atoms with Gasteiger partial charge in [-0.2, -0.15) is 0 Å². The highest BCUT2D eigenvalue weighted by molar-refractivity contribution is 5.78. The Kier molecular flexibility index (Phi) is 7.85. The standard InChI is InChI=1S/C24H29NO5/c1-28-21-7-3-18(4-8-21)11-13-25-16-20(15-24(25)27)23(12-14-26)30-17-19-5-9-22(29-2)10-6-19/h3-10,14,20,23H,11-13,15-17H2,1-2H3/t20?,23-/m1/s1. The molecule has 0 N–H and O–H groups in total. The summed E-state index contributed by atoms with van der Waals surface area (Å²) in [6.07, 6.45) is 2.11. The van der Waals surface area contributed by atoms with E-state index in [0.717, 1.165) is 35.3 Å². The van der Waals surface area contributed by atoms with E-state index >= 15 is 0 Å². The molecule has 0 bridgehead atoms. The number of carbonyl (C=O) groups is 2. The van der Waals surface area contributed by atoms with Crippen LogP contribution in [0.3, 0.4) is 0 Å². The summed E-state index contributed by atoms with van der Waals surface area (Å²) in [7, 11) is 3.27. The molecule has 1 heterocycles. The summed E-state index contributed by atoms with van der Waals surface area (Å²) in [5.41, 5.74) is 2.17. The van der Waals surface area contributed by atoms with Crippen molar-refractivity contribution in [3.8, 4) is 11.5 Å². The highest BCUT2D eigenvalue weighted by atomic mass is 16.5. The lowest BCUT2D eigenvalue weighted by Gasteiger charge is -2.23. The third-order valence-corrected chi connectivity index (χ3v) is 5.55. The molecule has 1 amide bonds. The Hall–Kier alpha value is -2.86. The molecule has 1 saturated heterocycles. The lowest BCUT2D eigenvalue weighted by molar-refractivity contribution is -0.128. The molecular formula is C24H29NO5. The Balaban J connectivity index is 1.53. The van der Waals surface area contributed by atoms with Gasteiger partial charge in [-0.25, -0.2) is 0 Å². The summed E-state index contributed by atoms with van der Waals surface area (Å²) in [6, 6.07) is 15.5. The van der Waals surface area contributed by atoms with Crippen molar-refractivity contribution in [1.29, 1.82) is 0 Å². The van der Waals surface area contributed by atoms with E-state index in [1.165, 1.54) is 0 Å². The number of rotatable bonds is 11. The van der Waals surface area contributed by atoms with E-state index in [1.807, 2.05) is 53.4 Å². The highest BCUT2D eigenvalue weighted by Crippen LogP contribution is 2.26. The van der Waals surface area contributed by atoms with Crippen molar-refractivity contribution in [2.45, 2.75) is 32.0 Å². The van der Waals surface area contributed by atoms with E-state index in [9.17, 15) is 9.59 Å². The molecule has 2 atom stereocenters. The number of amides is 1. The minimum absolute atomic E-state index is 0.0248. The molecule has 0 saturated carbocycles. The van der Waals surface area contributed by atoms with Gasteiger partial charge in [0.05, 0.1) is 26.9 Å². The van der Waals surface area contributed by atoms with Crippen LogP contribution in [0.15, 0.2) is 48.5 Å². The monoisotopic (exact) mass is 411 g/mol. The highest BCUT2D eigenvalue weighted by Gasteiger charge is 2.35. The zero-order valence-electron chi connectivity index (χ0n) is 17.6. The van der Waals surface area contributed by atoms with Crippen LogP contribution < -0.4 is 9.47 Å². The first-order chi connectivity index (χ1) is 14.6. The fourth-order valence-corrected chi connectivity index (χ4v) is 3.74. The van der Waals surface area contributed by atoms with Gasteiger partial charge in [-0.15, -0.1) is 0 Å². The number of benzene rings is 2. The van der Waals surface area contributed by atoms with Crippen LogP contribution in [0, 0.1) is 5.92 Å². The normalized spacial score (nSPS) is 17.1. The maximum absolute atomic E-state index is 12.5. The first-order valence-electron chi connectivity index (χ1n) is 10.2. The fraction of sp³-hybridized carbons (Fsp3) is 0.417. The van der Waals surface area contributed by atoms with Crippen molar-refractivity contribution in [2.75, 3.05) is 27.3 Å². The van der Waals surface area contributed by atoms with E-state index in [1.54, 1.807) is 14.2 Å². The minimum atomic E-state index is -0.264. The molecule has 2 aromatic carbocycles. The molecule has 0 aliphatic carbocycles. The van der Waals surface area contributed by atoms with Crippen molar-refractivity contribution in [3.05, 3.63) is 59.7 Å². The van der Waals surface area contributed by atoms with Crippen LogP contribution in [0.4, 0.5) is 0 Å². The van der Waals surface area contributed by atoms with Crippen LogP contribution in [0.25, 0.3) is 0 Å². The van der Waals surface area contributed by atoms with Crippen LogP contribution in [0.5, 0.6) is 11.5 Å². The number of nitrogens with zero attached hydrogens (tertiary/aromatic N) is 1. The van der Waals surface area contributed by atoms with Gasteiger partial charge >= 0.3 is 0 Å². The van der Waals surface area contributed by atoms with Crippen LogP contribution in [-0.4, -0.2) is 50.5 Å². The second kappa shape index (κ2) is 10.8. The van der Waals surface area contributed by atoms with Gasteiger partial charge in [-0.05, 0) is 41.8 Å². The summed E-state index contributed by atoms with van der Waals surface area (Å²) in [4.78, 5) is 25.6. The van der Waals surface area contributed by atoms with Gasteiger partial charge in [-0.3, -0.25) is 4.79 Å². The maximum Gasteiger partial charge on any atom is 0.223 e. The smallest absolute Gasteiger partial charge is 0.223 e. The summed E-state index contributed by atoms with van der Waals surface area (Å²) in [5.74, 6) is 1.76. The van der Waals surface area contributed by atoms with Crippen molar-refractivity contribution in [3.63, 3.8) is 0 Å². The van der Waals surface area contributed by atoms with Crippen LogP contribution in [-0.2, 0) is 27.4 Å². The predicted octanol–water partition coefficient (Wildman–Crippen LogP) is 3.27. The average Bonchev–Trinajstić information content (AvgIpc) is 3.16. The van der Waals surface area contributed by atoms with Crippen molar-refractivity contribution in [2.24, 2.45) is 5.92 Å². The Morgan fingerprint density at radius 2 is 1.60 bits per heavy atom. The van der Waals surface area contributed by atoms with Crippen molar-refractivity contribution < 1.29 is 23.8 Å². The molecule has 1 aliphatic rings. The second-order valence-corrected chi connectivity index (χ2v) is 7.50. The van der Waals surface area contributed by atoms with Gasteiger partial charge in [0.2, 0.25) is 5.91 Å². The van der Waals surface area contributed by atoms with Crippen LogP contribution in [0.2, 0.25) is 0 Å². The fourth-order valence-electron chi connectivity index (χ4n) is 3.74. The predicted molar refractivity (Wildman–Crippen MR) is 114 cm³/mol. The number of hydrogen-bond donors (Lipinski definition) is 0. The second-order valence-electron chi connectivity index (χ2n) is 7.50. The number of hydrogen-bond acceptors (Lipinski definition) is 5. The first kappa shape index (κ1) is 21.8. The van der Waals surface area contributed by atoms with E-state index in [2.05, 4.69) is 0 Å². The molecule has 0 radical (unpaired) electrons. The molecule has 6 nitrogen and oxygen atoms in total. The summed E-state index contributed by atoms with van der Waals surface area (Å²) < 4.78 is 16.4. The molecule has 30 heavy (non-hydrogen) atoms. The van der Waals surface area contributed by atoms with Gasteiger partial charge < -0.3 is 23.9 Å². The van der Waals surface area contributed by atoms with E-state index < -0.39 is 0 Å². The summed E-state index contributed by atoms with van der Waals surface area (Å²) >= 11 is 0. The summed E-state index contributed by atoms with van der Waals surface area (Å²) in [6.45, 7) is 1.68. The van der Waals surface area contributed by atoms with Gasteiger partial charge in [0.25, 0.3) is 0 Å². The van der Waals surface area contributed by atoms with Gasteiger partial charge in [0.1, 0.15) is 17.8 Å². The lowest BCUT2D eigenvalue weighted by atomic mass is 9.99. The molecule has 3 rings (SSSR count). The Bertz CT molecular complexity index is 818. The molecule has 1 unspecified atom stereocenters. The van der Waals surface area contributed by atoms with E-state index in [0.29, 0.717) is 32.5 Å². The topological polar surface area (TPSA) is 65.1 Å². The zero-order valence-corrected chi connectivity index (χ0v) is 17.6. The first-order valence-corrected chi connectivity index (χ1v) is 10.2. The number of aldehydes is 1. The van der Waals surface area contributed by atoms with E-state index in [-0.39, 0.29) is 17.9 Å².